The molecule has 0 aromatic carbocycles. The van der Waals surface area contributed by atoms with Gasteiger partial charge in [0.25, 0.3) is 5.91 Å². The Morgan fingerprint density at radius 2 is 1.75 bits per heavy atom. The third-order valence-corrected chi connectivity index (χ3v) is 7.10. The van der Waals surface area contributed by atoms with Crippen molar-refractivity contribution >= 4 is 11.8 Å². The van der Waals surface area contributed by atoms with Gasteiger partial charge in [0.15, 0.2) is 0 Å². The van der Waals surface area contributed by atoms with E-state index in [1.165, 1.54) is 0 Å². The number of carbonyl (C=O) groups is 2. The quantitative estimate of drug-likeness (QED) is 0.765. The molecular weight excluding hydrogens is 354 g/mol. The van der Waals surface area contributed by atoms with Gasteiger partial charge in [0.1, 0.15) is 11.6 Å². The summed E-state index contributed by atoms with van der Waals surface area (Å²) in [7, 11) is 1.84. The second-order valence-corrected chi connectivity index (χ2v) is 8.58. The summed E-state index contributed by atoms with van der Waals surface area (Å²) in [6.45, 7) is 4.66. The van der Waals surface area contributed by atoms with E-state index in [0.29, 0.717) is 18.7 Å². The average Bonchev–Trinajstić information content (AvgIpc) is 2.76. The second-order valence-electron chi connectivity index (χ2n) is 8.58. The monoisotopic (exact) mass is 385 g/mol. The first-order valence-corrected chi connectivity index (χ1v) is 10.8. The molecule has 1 N–H and O–H groups in total. The Morgan fingerprint density at radius 1 is 1.07 bits per heavy atom. The van der Waals surface area contributed by atoms with E-state index in [4.69, 9.17) is 0 Å². The maximum atomic E-state index is 12.8. The molecule has 3 heterocycles. The third kappa shape index (κ3) is 3.39. The summed E-state index contributed by atoms with van der Waals surface area (Å²) in [6, 6.07) is 2.42. The minimum Gasteiger partial charge on any atom is -0.370 e. The van der Waals surface area contributed by atoms with Crippen molar-refractivity contribution in [2.24, 2.45) is 11.8 Å². The molecule has 2 amide bonds. The van der Waals surface area contributed by atoms with Gasteiger partial charge >= 0.3 is 0 Å². The Kier molecular flexibility index (Phi) is 5.58. The molecular formula is C21H31N5O2. The largest absolute Gasteiger partial charge is 0.370 e. The molecule has 3 aliphatic heterocycles. The normalized spacial score (nSPS) is 29.6. The summed E-state index contributed by atoms with van der Waals surface area (Å²) in [6.07, 6.45) is 6.20. The number of hydrogen-bond acceptors (Lipinski definition) is 5. The fourth-order valence-electron chi connectivity index (χ4n) is 5.51. The van der Waals surface area contributed by atoms with Crippen LogP contribution in [0, 0.1) is 23.2 Å². The number of carbonyl (C=O) groups excluding carboxylic acids is 2. The highest BCUT2D eigenvalue weighted by Crippen LogP contribution is 2.40. The van der Waals surface area contributed by atoms with Gasteiger partial charge < -0.3 is 20.0 Å². The molecule has 1 saturated carbocycles. The minimum absolute atomic E-state index is 0.131. The molecule has 4 aliphatic rings. The predicted octanol–water partition coefficient (Wildman–Crippen LogP) is 0.939. The van der Waals surface area contributed by atoms with Crippen molar-refractivity contribution in [3.8, 4) is 6.07 Å². The lowest BCUT2D eigenvalue weighted by Gasteiger charge is -2.48. The van der Waals surface area contributed by atoms with Crippen molar-refractivity contribution in [1.29, 1.82) is 5.26 Å². The highest BCUT2D eigenvalue weighted by Gasteiger charge is 2.43. The Hall–Kier alpha value is -2.07. The van der Waals surface area contributed by atoms with Crippen molar-refractivity contribution in [3.05, 3.63) is 11.3 Å². The van der Waals surface area contributed by atoms with Gasteiger partial charge in [-0.25, -0.2) is 0 Å². The van der Waals surface area contributed by atoms with Crippen LogP contribution in [0.4, 0.5) is 0 Å². The number of nitriles is 1. The number of likely N-dealkylation sites (N-methyl/N-ethyl adjacent to an activating group) is 1. The van der Waals surface area contributed by atoms with Crippen LogP contribution in [0.15, 0.2) is 11.3 Å². The summed E-state index contributed by atoms with van der Waals surface area (Å²) in [5.41, 5.74) is 1.29. The summed E-state index contributed by atoms with van der Waals surface area (Å²) in [5.74, 6) is 0.562. The number of nitrogens with one attached hydrogen (secondary N) is 1. The molecule has 152 valence electrons. The molecule has 7 heteroatoms. The summed E-state index contributed by atoms with van der Waals surface area (Å²) >= 11 is 0. The Bertz CT molecular complexity index is 698. The maximum Gasteiger partial charge on any atom is 0.266 e. The van der Waals surface area contributed by atoms with E-state index < -0.39 is 0 Å². The number of hydrogen-bond donors (Lipinski definition) is 1. The minimum atomic E-state index is -0.131. The van der Waals surface area contributed by atoms with Crippen molar-refractivity contribution in [2.75, 3.05) is 46.3 Å². The first kappa shape index (κ1) is 19.3. The van der Waals surface area contributed by atoms with Crippen LogP contribution in [0.3, 0.4) is 0 Å². The smallest absolute Gasteiger partial charge is 0.266 e. The number of nitrogens with zero attached hydrogens (tertiary/aromatic N) is 4. The summed E-state index contributed by atoms with van der Waals surface area (Å²) in [4.78, 5) is 31.6. The van der Waals surface area contributed by atoms with E-state index in [0.717, 1.165) is 70.4 Å². The standard InChI is InChI=1S/C21H31N5O2/c1-24-18-5-3-2-4-16(18)19(17(14-22)21(24)28)25-10-12-26(13-11-25)20(27)15-6-8-23-9-7-15/h15-16,18,23H,2-13H2,1H3. The van der Waals surface area contributed by atoms with E-state index in [1.807, 2.05) is 11.9 Å². The second kappa shape index (κ2) is 8.12. The van der Waals surface area contributed by atoms with Gasteiger partial charge in [0.2, 0.25) is 5.91 Å². The number of amides is 2. The molecule has 0 spiro atoms. The summed E-state index contributed by atoms with van der Waals surface area (Å²) < 4.78 is 0. The number of rotatable bonds is 2. The van der Waals surface area contributed by atoms with Crippen molar-refractivity contribution in [3.63, 3.8) is 0 Å². The Morgan fingerprint density at radius 3 is 2.43 bits per heavy atom. The molecule has 0 aromatic rings. The van der Waals surface area contributed by atoms with Crippen LogP contribution in [0.25, 0.3) is 0 Å². The van der Waals surface area contributed by atoms with Gasteiger partial charge in [-0.15, -0.1) is 0 Å². The molecule has 0 aromatic heterocycles. The van der Waals surface area contributed by atoms with Crippen LogP contribution in [0.2, 0.25) is 0 Å². The Balaban J connectivity index is 1.49. The molecule has 7 nitrogen and oxygen atoms in total. The molecule has 4 rings (SSSR count). The van der Waals surface area contributed by atoms with Crippen LogP contribution in [-0.4, -0.2) is 78.9 Å². The molecule has 0 bridgehead atoms. The van der Waals surface area contributed by atoms with E-state index in [2.05, 4.69) is 16.3 Å². The van der Waals surface area contributed by atoms with E-state index in [-0.39, 0.29) is 29.7 Å². The molecule has 2 saturated heterocycles. The lowest BCUT2D eigenvalue weighted by atomic mass is 9.77. The lowest BCUT2D eigenvalue weighted by Crippen LogP contribution is -2.56. The van der Waals surface area contributed by atoms with Gasteiger partial charge in [-0.1, -0.05) is 12.8 Å². The SMILES string of the molecule is CN1C(=O)C(C#N)=C(N2CCN(C(=O)C3CCNCC3)CC2)C2CCCCC21. The highest BCUT2D eigenvalue weighted by molar-refractivity contribution is 5.99. The fraction of sp³-hybridized carbons (Fsp3) is 0.762. The molecule has 1 aliphatic carbocycles. The van der Waals surface area contributed by atoms with Gasteiger partial charge in [-0.05, 0) is 38.8 Å². The highest BCUT2D eigenvalue weighted by atomic mass is 16.2. The van der Waals surface area contributed by atoms with E-state index in [9.17, 15) is 14.9 Å². The topological polar surface area (TPSA) is 79.7 Å². The predicted molar refractivity (Wildman–Crippen MR) is 105 cm³/mol. The van der Waals surface area contributed by atoms with E-state index in [1.54, 1.807) is 4.90 Å². The van der Waals surface area contributed by atoms with Crippen molar-refractivity contribution < 1.29 is 9.59 Å². The number of piperazine rings is 1. The molecule has 0 radical (unpaired) electrons. The average molecular weight is 386 g/mol. The zero-order valence-corrected chi connectivity index (χ0v) is 16.8. The van der Waals surface area contributed by atoms with Crippen molar-refractivity contribution in [2.45, 2.75) is 44.6 Å². The van der Waals surface area contributed by atoms with Crippen LogP contribution in [0.5, 0.6) is 0 Å². The maximum absolute atomic E-state index is 12.8. The van der Waals surface area contributed by atoms with Crippen LogP contribution >= 0.6 is 0 Å². The van der Waals surface area contributed by atoms with E-state index >= 15 is 0 Å². The van der Waals surface area contributed by atoms with Crippen LogP contribution in [0.1, 0.15) is 38.5 Å². The zero-order chi connectivity index (χ0) is 19.7. The van der Waals surface area contributed by atoms with Gasteiger partial charge in [-0.2, -0.15) is 5.26 Å². The number of piperidine rings is 1. The van der Waals surface area contributed by atoms with Crippen LogP contribution in [-0.2, 0) is 9.59 Å². The number of fused-ring (bicyclic) bond motifs is 1. The molecule has 3 fully saturated rings. The fourth-order valence-corrected chi connectivity index (χ4v) is 5.51. The zero-order valence-electron chi connectivity index (χ0n) is 16.8. The Labute approximate surface area is 167 Å². The first-order valence-electron chi connectivity index (χ1n) is 10.8. The molecule has 2 atom stereocenters. The van der Waals surface area contributed by atoms with Crippen molar-refractivity contribution in [1.82, 2.24) is 20.0 Å². The van der Waals surface area contributed by atoms with Gasteiger partial charge in [0.05, 0.1) is 0 Å². The molecule has 2 unspecified atom stereocenters. The van der Waals surface area contributed by atoms with Gasteiger partial charge in [-0.3, -0.25) is 9.59 Å². The first-order chi connectivity index (χ1) is 13.6. The van der Waals surface area contributed by atoms with Gasteiger partial charge in [0, 0.05) is 56.8 Å². The van der Waals surface area contributed by atoms with Crippen LogP contribution < -0.4 is 5.32 Å². The third-order valence-electron chi connectivity index (χ3n) is 7.10. The molecule has 28 heavy (non-hydrogen) atoms. The lowest BCUT2D eigenvalue weighted by molar-refractivity contribution is -0.138. The summed E-state index contributed by atoms with van der Waals surface area (Å²) in [5, 5.41) is 13.0.